The van der Waals surface area contributed by atoms with E-state index in [-0.39, 0.29) is 52.0 Å². The maximum atomic E-state index is 11.9. The fraction of sp³-hybridized carbons (Fsp3) is 0.737. The lowest BCUT2D eigenvalue weighted by molar-refractivity contribution is -0.146. The second-order valence-electron chi connectivity index (χ2n) is 6.49. The molecule has 14 nitrogen and oxygen atoms in total. The Morgan fingerprint density at radius 2 is 1.21 bits per heavy atom. The van der Waals surface area contributed by atoms with Gasteiger partial charge in [0.05, 0.1) is 33.5 Å². The van der Waals surface area contributed by atoms with Crippen molar-refractivity contribution in [2.75, 3.05) is 66.5 Å². The van der Waals surface area contributed by atoms with Crippen LogP contribution in [0, 0.1) is 0 Å². The summed E-state index contributed by atoms with van der Waals surface area (Å²) in [6.07, 6.45) is 1.33. The van der Waals surface area contributed by atoms with Crippen molar-refractivity contribution in [3.8, 4) is 0 Å². The third-order valence-electron chi connectivity index (χ3n) is 3.72. The Kier molecular flexibility index (Phi) is 18.2. The number of methoxy groups -OCH3 is 1. The van der Waals surface area contributed by atoms with Crippen LogP contribution in [0.4, 0.5) is 0 Å². The summed E-state index contributed by atoms with van der Waals surface area (Å²) < 4.78 is 24.3. The van der Waals surface area contributed by atoms with Crippen molar-refractivity contribution in [3.05, 3.63) is 0 Å². The number of esters is 1. The molecule has 0 saturated heterocycles. The first-order chi connectivity index (χ1) is 15.8. The van der Waals surface area contributed by atoms with Crippen LogP contribution in [0.5, 0.6) is 0 Å². The number of aliphatic carboxylic acids is 2. The molecule has 0 unspecified atom stereocenters. The standard InChI is InChI=1S/C19H32N2O12/c1-29-19(28)14(21-16(23)11-31-7-9-33-13-18(26)27)4-2-3-5-20-15(22)10-30-6-8-32-12-17(24)25/h14H,2-13H2,1H3,(H,20,22)(H,21,23)(H,24,25)(H,26,27)/t14-/m0/s1. The van der Waals surface area contributed by atoms with E-state index >= 15 is 0 Å². The van der Waals surface area contributed by atoms with Crippen molar-refractivity contribution < 1.29 is 57.9 Å². The van der Waals surface area contributed by atoms with Gasteiger partial charge in [-0.15, -0.1) is 0 Å². The summed E-state index contributed by atoms with van der Waals surface area (Å²) in [5.41, 5.74) is 0. The van der Waals surface area contributed by atoms with Gasteiger partial charge in [0.25, 0.3) is 0 Å². The van der Waals surface area contributed by atoms with Gasteiger partial charge in [-0.2, -0.15) is 0 Å². The van der Waals surface area contributed by atoms with Gasteiger partial charge in [-0.25, -0.2) is 14.4 Å². The molecule has 190 valence electrons. The van der Waals surface area contributed by atoms with E-state index in [2.05, 4.69) is 15.4 Å². The number of hydrogen-bond donors (Lipinski definition) is 4. The van der Waals surface area contributed by atoms with Gasteiger partial charge in [-0.1, -0.05) is 0 Å². The van der Waals surface area contributed by atoms with Crippen LogP contribution < -0.4 is 10.6 Å². The zero-order valence-electron chi connectivity index (χ0n) is 18.5. The predicted molar refractivity (Wildman–Crippen MR) is 109 cm³/mol. The molecule has 0 rings (SSSR count). The number of unbranched alkanes of at least 4 members (excludes halogenated alkanes) is 1. The van der Waals surface area contributed by atoms with Crippen LogP contribution in [0.15, 0.2) is 0 Å². The first kappa shape index (κ1) is 30.2. The molecule has 1 atom stereocenters. The number of carboxylic acid groups (broad SMARTS) is 2. The topological polar surface area (TPSA) is 196 Å². The molecule has 0 radical (unpaired) electrons. The van der Waals surface area contributed by atoms with E-state index in [1.54, 1.807) is 0 Å². The van der Waals surface area contributed by atoms with Gasteiger partial charge in [0, 0.05) is 6.54 Å². The molecular formula is C19H32N2O12. The van der Waals surface area contributed by atoms with Crippen molar-refractivity contribution in [1.29, 1.82) is 0 Å². The molecule has 0 aliphatic carbocycles. The van der Waals surface area contributed by atoms with Gasteiger partial charge in [0.15, 0.2) is 0 Å². The molecule has 2 amide bonds. The van der Waals surface area contributed by atoms with E-state index in [1.165, 1.54) is 7.11 Å². The largest absolute Gasteiger partial charge is 0.480 e. The minimum atomic E-state index is -1.11. The molecular weight excluding hydrogens is 448 g/mol. The number of carbonyl (C=O) groups excluding carboxylic acids is 3. The zero-order chi connectivity index (χ0) is 24.9. The maximum absolute atomic E-state index is 11.9. The highest BCUT2D eigenvalue weighted by Crippen LogP contribution is 2.03. The molecule has 0 aliphatic heterocycles. The third-order valence-corrected chi connectivity index (χ3v) is 3.72. The van der Waals surface area contributed by atoms with Crippen molar-refractivity contribution in [1.82, 2.24) is 10.6 Å². The smallest absolute Gasteiger partial charge is 0.329 e. The van der Waals surface area contributed by atoms with Gasteiger partial charge in [-0.05, 0) is 19.3 Å². The average molecular weight is 480 g/mol. The first-order valence-corrected chi connectivity index (χ1v) is 10.1. The molecule has 0 saturated carbocycles. The highest BCUT2D eigenvalue weighted by Gasteiger charge is 2.21. The normalized spacial score (nSPS) is 11.4. The van der Waals surface area contributed by atoms with Crippen molar-refractivity contribution in [3.63, 3.8) is 0 Å². The summed E-state index contributed by atoms with van der Waals surface area (Å²) in [6, 6.07) is -0.876. The number of hydrogen-bond acceptors (Lipinski definition) is 10. The Morgan fingerprint density at radius 3 is 1.70 bits per heavy atom. The molecule has 33 heavy (non-hydrogen) atoms. The lowest BCUT2D eigenvalue weighted by atomic mass is 10.1. The van der Waals surface area contributed by atoms with Gasteiger partial charge < -0.3 is 44.5 Å². The van der Waals surface area contributed by atoms with Crippen molar-refractivity contribution in [2.45, 2.75) is 25.3 Å². The van der Waals surface area contributed by atoms with Crippen LogP contribution in [0.2, 0.25) is 0 Å². The molecule has 0 bridgehead atoms. The fourth-order valence-corrected chi connectivity index (χ4v) is 2.26. The predicted octanol–water partition coefficient (Wildman–Crippen LogP) is -1.83. The number of carboxylic acids is 2. The molecule has 0 spiro atoms. The number of amides is 2. The molecule has 0 fully saturated rings. The van der Waals surface area contributed by atoms with E-state index in [9.17, 15) is 24.0 Å². The number of carbonyl (C=O) groups is 5. The van der Waals surface area contributed by atoms with E-state index in [4.69, 9.17) is 29.2 Å². The van der Waals surface area contributed by atoms with E-state index in [0.29, 0.717) is 19.4 Å². The van der Waals surface area contributed by atoms with Crippen LogP contribution in [0.1, 0.15) is 19.3 Å². The van der Waals surface area contributed by atoms with Crippen LogP contribution in [0.3, 0.4) is 0 Å². The molecule has 0 heterocycles. The molecule has 0 aromatic rings. The summed E-state index contributed by atoms with van der Waals surface area (Å²) >= 11 is 0. The second-order valence-corrected chi connectivity index (χ2v) is 6.49. The minimum absolute atomic E-state index is 0.00920. The van der Waals surface area contributed by atoms with Crippen LogP contribution >= 0.6 is 0 Å². The quantitative estimate of drug-likeness (QED) is 0.106. The molecule has 0 aliphatic rings. The summed E-state index contributed by atoms with van der Waals surface area (Å²) in [5.74, 6) is -3.70. The summed E-state index contributed by atoms with van der Waals surface area (Å²) in [4.78, 5) is 55.9. The Hall–Kier alpha value is -2.81. The van der Waals surface area contributed by atoms with Crippen LogP contribution in [-0.2, 0) is 47.7 Å². The molecule has 0 aromatic heterocycles. The van der Waals surface area contributed by atoms with E-state index in [1.807, 2.05) is 0 Å². The fourth-order valence-electron chi connectivity index (χ4n) is 2.26. The lowest BCUT2D eigenvalue weighted by Gasteiger charge is -2.16. The van der Waals surface area contributed by atoms with Gasteiger partial charge in [-0.3, -0.25) is 9.59 Å². The summed E-state index contributed by atoms with van der Waals surface area (Å²) in [7, 11) is 1.20. The second kappa shape index (κ2) is 19.8. The van der Waals surface area contributed by atoms with Crippen LogP contribution in [-0.4, -0.2) is 112 Å². The number of nitrogens with one attached hydrogen (secondary N) is 2. The highest BCUT2D eigenvalue weighted by molar-refractivity contribution is 5.85. The monoisotopic (exact) mass is 480 g/mol. The Labute approximate surface area is 190 Å². The third kappa shape index (κ3) is 19.6. The van der Waals surface area contributed by atoms with Gasteiger partial charge >= 0.3 is 17.9 Å². The number of ether oxygens (including phenoxy) is 5. The minimum Gasteiger partial charge on any atom is -0.480 e. The van der Waals surface area contributed by atoms with Crippen molar-refractivity contribution in [2.24, 2.45) is 0 Å². The first-order valence-electron chi connectivity index (χ1n) is 10.1. The van der Waals surface area contributed by atoms with Crippen LogP contribution in [0.25, 0.3) is 0 Å². The van der Waals surface area contributed by atoms with E-state index < -0.39 is 43.1 Å². The zero-order valence-corrected chi connectivity index (χ0v) is 18.5. The maximum Gasteiger partial charge on any atom is 0.329 e. The molecule has 4 N–H and O–H groups in total. The van der Waals surface area contributed by atoms with E-state index in [0.717, 1.165) is 0 Å². The average Bonchev–Trinajstić information content (AvgIpc) is 2.76. The Balaban J connectivity index is 3.93. The molecule has 14 heteroatoms. The van der Waals surface area contributed by atoms with Crippen molar-refractivity contribution >= 4 is 29.7 Å². The van der Waals surface area contributed by atoms with Gasteiger partial charge in [0.1, 0.15) is 32.5 Å². The lowest BCUT2D eigenvalue weighted by Crippen LogP contribution is -2.43. The highest BCUT2D eigenvalue weighted by atomic mass is 16.5. The number of rotatable bonds is 21. The molecule has 0 aromatic carbocycles. The summed E-state index contributed by atoms with van der Waals surface area (Å²) in [6.45, 7) is -0.920. The Bertz CT molecular complexity index is 614. The SMILES string of the molecule is COC(=O)[C@H](CCCCNC(=O)COCCOCC(=O)O)NC(=O)COCCOCC(=O)O. The Morgan fingerprint density at radius 1 is 0.727 bits per heavy atom. The van der Waals surface area contributed by atoms with Gasteiger partial charge in [0.2, 0.25) is 11.8 Å². The summed E-state index contributed by atoms with van der Waals surface area (Å²) in [5, 5.41) is 21.9.